The first-order chi connectivity index (χ1) is 7.56. The van der Waals surface area contributed by atoms with Crippen LogP contribution in [0.1, 0.15) is 5.56 Å². The summed E-state index contributed by atoms with van der Waals surface area (Å²) in [6.07, 6.45) is 0. The highest BCUT2D eigenvalue weighted by Gasteiger charge is 2.04. The molecule has 2 rings (SSSR count). The van der Waals surface area contributed by atoms with Crippen LogP contribution in [0.5, 0.6) is 0 Å². The van der Waals surface area contributed by atoms with E-state index in [9.17, 15) is 0 Å². The van der Waals surface area contributed by atoms with E-state index in [2.05, 4.69) is 0 Å². The number of hydrogen-bond acceptors (Lipinski definition) is 1. The van der Waals surface area contributed by atoms with Crippen LogP contribution in [-0.2, 0) is 0 Å². The van der Waals surface area contributed by atoms with Crippen LogP contribution in [-0.4, -0.2) is 0 Å². The molecule has 2 N–H and O–H groups in total. The third-order valence-electron chi connectivity index (χ3n) is 2.42. The number of anilines is 1. The Morgan fingerprint density at radius 1 is 0.938 bits per heavy atom. The maximum absolute atomic E-state index is 5.97. The van der Waals surface area contributed by atoms with Gasteiger partial charge in [0.15, 0.2) is 0 Å². The van der Waals surface area contributed by atoms with Crippen LogP contribution in [0.3, 0.4) is 0 Å². The summed E-state index contributed by atoms with van der Waals surface area (Å²) in [5.74, 6) is 0. The van der Waals surface area contributed by atoms with Crippen molar-refractivity contribution in [2.45, 2.75) is 6.92 Å². The Balaban J connectivity index is 2.58. The summed E-state index contributed by atoms with van der Waals surface area (Å²) >= 11 is 11.9. The van der Waals surface area contributed by atoms with Crippen molar-refractivity contribution >= 4 is 28.9 Å². The Kier molecular flexibility index (Phi) is 3.08. The zero-order valence-electron chi connectivity index (χ0n) is 8.80. The van der Waals surface area contributed by atoms with E-state index in [1.807, 2.05) is 37.3 Å². The van der Waals surface area contributed by atoms with Gasteiger partial charge in [-0.15, -0.1) is 0 Å². The van der Waals surface area contributed by atoms with E-state index in [0.29, 0.717) is 10.0 Å². The van der Waals surface area contributed by atoms with Gasteiger partial charge in [0.25, 0.3) is 0 Å². The van der Waals surface area contributed by atoms with Gasteiger partial charge in [-0.3, -0.25) is 0 Å². The van der Waals surface area contributed by atoms with Crippen molar-refractivity contribution in [1.29, 1.82) is 0 Å². The van der Waals surface area contributed by atoms with Gasteiger partial charge < -0.3 is 5.73 Å². The average molecular weight is 252 g/mol. The lowest BCUT2D eigenvalue weighted by Gasteiger charge is -2.08. The first kappa shape index (κ1) is 11.3. The lowest BCUT2D eigenvalue weighted by Crippen LogP contribution is -1.88. The topological polar surface area (TPSA) is 26.0 Å². The highest BCUT2D eigenvalue weighted by Crippen LogP contribution is 2.30. The van der Waals surface area contributed by atoms with E-state index in [1.165, 1.54) is 0 Å². The van der Waals surface area contributed by atoms with Crippen molar-refractivity contribution in [2.75, 3.05) is 5.73 Å². The Morgan fingerprint density at radius 3 is 2.12 bits per heavy atom. The Bertz CT molecular complexity index is 515. The second-order valence-electron chi connectivity index (χ2n) is 3.73. The molecule has 82 valence electrons. The maximum atomic E-state index is 5.97. The van der Waals surface area contributed by atoms with Gasteiger partial charge in [-0.05, 0) is 53.9 Å². The fourth-order valence-electron chi connectivity index (χ4n) is 1.72. The smallest absolute Gasteiger partial charge is 0.0426 e. The van der Waals surface area contributed by atoms with Crippen molar-refractivity contribution in [3.05, 3.63) is 52.0 Å². The highest BCUT2D eigenvalue weighted by molar-refractivity contribution is 6.35. The van der Waals surface area contributed by atoms with Gasteiger partial charge in [0.05, 0.1) is 0 Å². The molecule has 0 saturated carbocycles. The molecule has 0 aliphatic heterocycles. The Morgan fingerprint density at radius 2 is 1.56 bits per heavy atom. The molecule has 0 bridgehead atoms. The molecule has 0 aliphatic carbocycles. The van der Waals surface area contributed by atoms with Crippen LogP contribution in [0.15, 0.2) is 36.4 Å². The summed E-state index contributed by atoms with van der Waals surface area (Å²) in [4.78, 5) is 0. The molecule has 2 aromatic rings. The van der Waals surface area contributed by atoms with E-state index in [0.717, 1.165) is 22.4 Å². The summed E-state index contributed by atoms with van der Waals surface area (Å²) in [5.41, 5.74) is 9.69. The van der Waals surface area contributed by atoms with E-state index in [-0.39, 0.29) is 0 Å². The standard InChI is InChI=1S/C13H11Cl2N/c1-8-4-12(16)2-3-13(8)9-5-10(14)7-11(15)6-9/h2-7H,16H2,1H3. The first-order valence-electron chi connectivity index (χ1n) is 4.89. The van der Waals surface area contributed by atoms with Crippen molar-refractivity contribution in [3.63, 3.8) is 0 Å². The second-order valence-corrected chi connectivity index (χ2v) is 4.61. The third-order valence-corrected chi connectivity index (χ3v) is 2.86. The molecule has 0 heterocycles. The summed E-state index contributed by atoms with van der Waals surface area (Å²) < 4.78 is 0. The minimum absolute atomic E-state index is 0.638. The quantitative estimate of drug-likeness (QED) is 0.740. The number of halogens is 2. The van der Waals surface area contributed by atoms with E-state index < -0.39 is 0 Å². The molecule has 2 aromatic carbocycles. The predicted octanol–water partition coefficient (Wildman–Crippen LogP) is 4.55. The number of rotatable bonds is 1. The molecular weight excluding hydrogens is 241 g/mol. The molecule has 0 radical (unpaired) electrons. The van der Waals surface area contributed by atoms with Gasteiger partial charge in [-0.25, -0.2) is 0 Å². The lowest BCUT2D eigenvalue weighted by molar-refractivity contribution is 1.46. The van der Waals surface area contributed by atoms with Gasteiger partial charge in [-0.2, -0.15) is 0 Å². The zero-order valence-corrected chi connectivity index (χ0v) is 10.3. The number of aryl methyl sites for hydroxylation is 1. The molecule has 0 unspecified atom stereocenters. The van der Waals surface area contributed by atoms with Crippen molar-refractivity contribution in [1.82, 2.24) is 0 Å². The van der Waals surface area contributed by atoms with Gasteiger partial charge in [0.1, 0.15) is 0 Å². The van der Waals surface area contributed by atoms with E-state index >= 15 is 0 Å². The Labute approximate surface area is 105 Å². The summed E-state index contributed by atoms with van der Waals surface area (Å²) in [7, 11) is 0. The lowest BCUT2D eigenvalue weighted by atomic mass is 10.0. The van der Waals surface area contributed by atoms with Crippen molar-refractivity contribution in [2.24, 2.45) is 0 Å². The molecule has 0 saturated heterocycles. The zero-order chi connectivity index (χ0) is 11.7. The summed E-state index contributed by atoms with van der Waals surface area (Å²) in [5, 5.41) is 1.28. The molecule has 0 atom stereocenters. The fraction of sp³-hybridized carbons (Fsp3) is 0.0769. The van der Waals surface area contributed by atoms with Gasteiger partial charge in [-0.1, -0.05) is 29.3 Å². The molecule has 0 aliphatic rings. The van der Waals surface area contributed by atoms with Crippen LogP contribution in [0, 0.1) is 6.92 Å². The van der Waals surface area contributed by atoms with E-state index in [4.69, 9.17) is 28.9 Å². The van der Waals surface area contributed by atoms with Crippen LogP contribution < -0.4 is 5.73 Å². The minimum atomic E-state index is 0.638. The molecule has 0 spiro atoms. The largest absolute Gasteiger partial charge is 0.399 e. The fourth-order valence-corrected chi connectivity index (χ4v) is 2.25. The number of hydrogen-bond donors (Lipinski definition) is 1. The SMILES string of the molecule is Cc1cc(N)ccc1-c1cc(Cl)cc(Cl)c1. The van der Waals surface area contributed by atoms with E-state index in [1.54, 1.807) is 6.07 Å². The second kappa shape index (κ2) is 4.36. The van der Waals surface area contributed by atoms with Gasteiger partial charge in [0.2, 0.25) is 0 Å². The van der Waals surface area contributed by atoms with Crippen LogP contribution in [0.25, 0.3) is 11.1 Å². The molecule has 3 heteroatoms. The molecule has 0 fully saturated rings. The van der Waals surface area contributed by atoms with Gasteiger partial charge >= 0.3 is 0 Å². The van der Waals surface area contributed by atoms with Crippen molar-refractivity contribution in [3.8, 4) is 11.1 Å². The molecule has 0 aromatic heterocycles. The minimum Gasteiger partial charge on any atom is -0.399 e. The Hall–Kier alpha value is -1.18. The summed E-state index contributed by atoms with van der Waals surface area (Å²) in [6, 6.07) is 11.3. The number of nitrogens with two attached hydrogens (primary N) is 1. The van der Waals surface area contributed by atoms with Crippen LogP contribution in [0.4, 0.5) is 5.69 Å². The van der Waals surface area contributed by atoms with Crippen LogP contribution in [0.2, 0.25) is 10.0 Å². The van der Waals surface area contributed by atoms with Gasteiger partial charge in [0, 0.05) is 15.7 Å². The van der Waals surface area contributed by atoms with Crippen molar-refractivity contribution < 1.29 is 0 Å². The molecule has 16 heavy (non-hydrogen) atoms. The molecule has 1 nitrogen and oxygen atoms in total. The third kappa shape index (κ3) is 2.31. The average Bonchev–Trinajstić information content (AvgIpc) is 2.15. The molecular formula is C13H11Cl2N. The predicted molar refractivity (Wildman–Crippen MR) is 71.0 cm³/mol. The monoisotopic (exact) mass is 251 g/mol. The number of benzene rings is 2. The highest BCUT2D eigenvalue weighted by atomic mass is 35.5. The van der Waals surface area contributed by atoms with Crippen LogP contribution >= 0.6 is 23.2 Å². The summed E-state index contributed by atoms with van der Waals surface area (Å²) in [6.45, 7) is 2.01. The maximum Gasteiger partial charge on any atom is 0.0426 e. The number of nitrogen functional groups attached to an aromatic ring is 1. The normalized spacial score (nSPS) is 10.4. The molecule has 0 amide bonds. The first-order valence-corrected chi connectivity index (χ1v) is 5.64.